The van der Waals surface area contributed by atoms with Crippen LogP contribution in [0, 0.1) is 13.8 Å². The summed E-state index contributed by atoms with van der Waals surface area (Å²) < 4.78 is 25.3. The van der Waals surface area contributed by atoms with Crippen molar-refractivity contribution < 1.29 is 13.2 Å². The lowest BCUT2D eigenvalue weighted by Crippen LogP contribution is -2.41. The minimum Gasteiger partial charge on any atom is -0.355 e. The second-order valence-electron chi connectivity index (χ2n) is 5.62. The molecule has 1 aromatic rings. The monoisotopic (exact) mass is 326 g/mol. The average Bonchev–Trinajstić information content (AvgIpc) is 2.43. The van der Waals surface area contributed by atoms with E-state index in [0.717, 1.165) is 36.6 Å². The first-order valence-corrected chi connectivity index (χ1v) is 9.42. The van der Waals surface area contributed by atoms with Gasteiger partial charge in [-0.15, -0.1) is 0 Å². The number of anilines is 1. The van der Waals surface area contributed by atoms with Gasteiger partial charge in [-0.05, 0) is 37.5 Å². The summed E-state index contributed by atoms with van der Waals surface area (Å²) in [6.45, 7) is 6.22. The van der Waals surface area contributed by atoms with E-state index in [4.69, 9.17) is 0 Å². The van der Waals surface area contributed by atoms with Crippen molar-refractivity contribution in [3.8, 4) is 0 Å². The first-order valence-electron chi connectivity index (χ1n) is 7.57. The summed E-state index contributed by atoms with van der Waals surface area (Å²) in [4.78, 5) is 12.0. The highest BCUT2D eigenvalue weighted by Gasteiger charge is 2.22. The summed E-state index contributed by atoms with van der Waals surface area (Å²) in [6.07, 6.45) is 4.16. The fourth-order valence-electron chi connectivity index (χ4n) is 2.16. The molecule has 0 saturated carbocycles. The Hall–Kier alpha value is -1.56. The van der Waals surface area contributed by atoms with E-state index in [2.05, 4.69) is 12.2 Å². The van der Waals surface area contributed by atoms with Crippen molar-refractivity contribution in [1.29, 1.82) is 0 Å². The minimum absolute atomic E-state index is 0.185. The predicted molar refractivity (Wildman–Crippen MR) is 90.6 cm³/mol. The van der Waals surface area contributed by atoms with Crippen LogP contribution < -0.4 is 9.62 Å². The number of hydrogen-bond donors (Lipinski definition) is 1. The van der Waals surface area contributed by atoms with Crippen molar-refractivity contribution >= 4 is 21.6 Å². The van der Waals surface area contributed by atoms with Gasteiger partial charge in [-0.25, -0.2) is 8.42 Å². The Morgan fingerprint density at radius 3 is 2.50 bits per heavy atom. The molecule has 0 aliphatic carbocycles. The number of unbranched alkanes of at least 4 members (excludes halogenated alkanes) is 2. The maximum Gasteiger partial charge on any atom is 0.240 e. The Morgan fingerprint density at radius 2 is 1.91 bits per heavy atom. The molecule has 0 radical (unpaired) electrons. The highest BCUT2D eigenvalue weighted by molar-refractivity contribution is 7.92. The lowest BCUT2D eigenvalue weighted by molar-refractivity contribution is -0.119. The number of aryl methyl sites for hydroxylation is 2. The molecule has 0 bridgehead atoms. The fraction of sp³-hybridized carbons (Fsp3) is 0.562. The van der Waals surface area contributed by atoms with E-state index in [1.165, 1.54) is 4.31 Å². The molecule has 0 saturated heterocycles. The van der Waals surface area contributed by atoms with Gasteiger partial charge in [0, 0.05) is 6.54 Å². The van der Waals surface area contributed by atoms with Crippen molar-refractivity contribution in [2.45, 2.75) is 40.0 Å². The van der Waals surface area contributed by atoms with Gasteiger partial charge in [0.1, 0.15) is 6.54 Å². The quantitative estimate of drug-likeness (QED) is 0.746. The van der Waals surface area contributed by atoms with Crippen molar-refractivity contribution in [3.63, 3.8) is 0 Å². The van der Waals surface area contributed by atoms with E-state index >= 15 is 0 Å². The number of carbonyl (C=O) groups excluding carboxylic acids is 1. The molecule has 0 fully saturated rings. The highest BCUT2D eigenvalue weighted by Crippen LogP contribution is 2.23. The van der Waals surface area contributed by atoms with Crippen LogP contribution in [0.3, 0.4) is 0 Å². The summed E-state index contributed by atoms with van der Waals surface area (Å²) in [5.41, 5.74) is 2.35. The molecule has 0 aromatic heterocycles. The van der Waals surface area contributed by atoms with Gasteiger partial charge in [-0.2, -0.15) is 0 Å². The van der Waals surface area contributed by atoms with Crippen molar-refractivity contribution in [2.24, 2.45) is 0 Å². The molecule has 0 aliphatic rings. The number of rotatable bonds is 8. The van der Waals surface area contributed by atoms with Crippen LogP contribution in [0.2, 0.25) is 0 Å². The highest BCUT2D eigenvalue weighted by atomic mass is 32.2. The third-order valence-electron chi connectivity index (χ3n) is 3.42. The summed E-state index contributed by atoms with van der Waals surface area (Å²) in [6, 6.07) is 5.58. The standard InChI is InChI=1S/C16H26N2O3S/c1-5-6-7-10-17-16(19)12-18(22(4,20)21)15-11-13(2)8-9-14(15)3/h8-9,11H,5-7,10,12H2,1-4H3,(H,17,19). The molecule has 6 heteroatoms. The number of amides is 1. The number of carbonyl (C=O) groups is 1. The topological polar surface area (TPSA) is 66.5 Å². The molecule has 0 spiro atoms. The van der Waals surface area contributed by atoms with E-state index < -0.39 is 10.0 Å². The van der Waals surface area contributed by atoms with Gasteiger partial charge in [-0.3, -0.25) is 9.10 Å². The number of nitrogens with one attached hydrogen (secondary N) is 1. The van der Waals surface area contributed by atoms with Crippen LogP contribution >= 0.6 is 0 Å². The van der Waals surface area contributed by atoms with E-state index in [1.807, 2.05) is 26.0 Å². The molecule has 0 atom stereocenters. The fourth-order valence-corrected chi connectivity index (χ4v) is 3.06. The normalized spacial score (nSPS) is 11.3. The number of benzene rings is 1. The molecule has 1 rings (SSSR count). The van der Waals surface area contributed by atoms with Gasteiger partial charge < -0.3 is 5.32 Å². The van der Waals surface area contributed by atoms with Crippen molar-refractivity contribution in [2.75, 3.05) is 23.7 Å². The third kappa shape index (κ3) is 5.67. The minimum atomic E-state index is -3.52. The molecule has 1 N–H and O–H groups in total. The van der Waals surface area contributed by atoms with Crippen LogP contribution in [0.15, 0.2) is 18.2 Å². The zero-order valence-electron chi connectivity index (χ0n) is 13.8. The molecule has 0 unspecified atom stereocenters. The largest absolute Gasteiger partial charge is 0.355 e. The van der Waals surface area contributed by atoms with Crippen LogP contribution in [-0.2, 0) is 14.8 Å². The lowest BCUT2D eigenvalue weighted by Gasteiger charge is -2.24. The van der Waals surface area contributed by atoms with Gasteiger partial charge >= 0.3 is 0 Å². The molecule has 5 nitrogen and oxygen atoms in total. The number of hydrogen-bond acceptors (Lipinski definition) is 3. The number of nitrogens with zero attached hydrogens (tertiary/aromatic N) is 1. The predicted octanol–water partition coefficient (Wildman–Crippen LogP) is 2.38. The lowest BCUT2D eigenvalue weighted by atomic mass is 10.1. The Morgan fingerprint density at radius 1 is 1.23 bits per heavy atom. The van der Waals surface area contributed by atoms with Crippen LogP contribution in [-0.4, -0.2) is 33.7 Å². The molecule has 124 valence electrons. The smallest absolute Gasteiger partial charge is 0.240 e. The van der Waals surface area contributed by atoms with Crippen LogP contribution in [0.4, 0.5) is 5.69 Å². The van der Waals surface area contributed by atoms with Crippen LogP contribution in [0.25, 0.3) is 0 Å². The van der Waals surface area contributed by atoms with E-state index in [-0.39, 0.29) is 12.5 Å². The van der Waals surface area contributed by atoms with Crippen LogP contribution in [0.1, 0.15) is 37.3 Å². The Kier molecular flexibility index (Phi) is 6.87. The molecule has 0 aliphatic heterocycles. The SMILES string of the molecule is CCCCCNC(=O)CN(c1cc(C)ccc1C)S(C)(=O)=O. The summed E-state index contributed by atoms with van der Waals surface area (Å²) in [5, 5.41) is 2.78. The van der Waals surface area contributed by atoms with E-state index in [1.54, 1.807) is 6.07 Å². The Labute approximate surface area is 133 Å². The first-order chi connectivity index (χ1) is 10.3. The summed E-state index contributed by atoms with van der Waals surface area (Å²) in [7, 11) is -3.52. The van der Waals surface area contributed by atoms with Crippen molar-refractivity contribution in [1.82, 2.24) is 5.32 Å². The molecule has 1 aromatic carbocycles. The van der Waals surface area contributed by atoms with Gasteiger partial charge in [0.05, 0.1) is 11.9 Å². The van der Waals surface area contributed by atoms with Gasteiger partial charge in [0.25, 0.3) is 0 Å². The second-order valence-corrected chi connectivity index (χ2v) is 7.52. The third-order valence-corrected chi connectivity index (χ3v) is 4.55. The second kappa shape index (κ2) is 8.17. The zero-order chi connectivity index (χ0) is 16.8. The average molecular weight is 326 g/mol. The van der Waals surface area contributed by atoms with Gasteiger partial charge in [-0.1, -0.05) is 31.9 Å². The molecule has 1 amide bonds. The maximum atomic E-state index is 12.1. The maximum absolute atomic E-state index is 12.1. The molecule has 22 heavy (non-hydrogen) atoms. The van der Waals surface area contributed by atoms with Gasteiger partial charge in [0.2, 0.25) is 15.9 Å². The zero-order valence-corrected chi connectivity index (χ0v) is 14.7. The van der Waals surface area contributed by atoms with Gasteiger partial charge in [0.15, 0.2) is 0 Å². The Bertz CT molecular complexity index is 612. The Balaban J connectivity index is 2.87. The number of sulfonamides is 1. The summed E-state index contributed by atoms with van der Waals surface area (Å²) in [5.74, 6) is -0.276. The molecular formula is C16H26N2O3S. The molecule has 0 heterocycles. The van der Waals surface area contributed by atoms with Crippen molar-refractivity contribution in [3.05, 3.63) is 29.3 Å². The summed E-state index contributed by atoms with van der Waals surface area (Å²) >= 11 is 0. The van der Waals surface area contributed by atoms with E-state index in [0.29, 0.717) is 12.2 Å². The first kappa shape index (κ1) is 18.5. The molecular weight excluding hydrogens is 300 g/mol. The van der Waals surface area contributed by atoms with E-state index in [9.17, 15) is 13.2 Å². The van der Waals surface area contributed by atoms with Crippen LogP contribution in [0.5, 0.6) is 0 Å².